The van der Waals surface area contributed by atoms with Crippen LogP contribution in [-0.4, -0.2) is 11.5 Å². The number of benzene rings is 1. The topological polar surface area (TPSA) is 24.9 Å². The number of nitrogens with zero attached hydrogens (tertiary/aromatic N) is 1. The van der Waals surface area contributed by atoms with E-state index in [0.717, 1.165) is 18.0 Å². The molecule has 100 valence electrons. The molecular weight excluding hydrogens is 232 g/mol. The SMILES string of the molecule is c1cc(NCCC2CCCCC2)c2cccnc2c1. The van der Waals surface area contributed by atoms with Gasteiger partial charge in [-0.2, -0.15) is 0 Å². The number of nitrogens with one attached hydrogen (secondary N) is 1. The van der Waals surface area contributed by atoms with Gasteiger partial charge >= 0.3 is 0 Å². The molecule has 2 heteroatoms. The van der Waals surface area contributed by atoms with Crippen molar-refractivity contribution in [2.24, 2.45) is 5.92 Å². The molecule has 1 fully saturated rings. The molecule has 2 nitrogen and oxygen atoms in total. The Balaban J connectivity index is 1.62. The van der Waals surface area contributed by atoms with Crippen LogP contribution in [0.5, 0.6) is 0 Å². The summed E-state index contributed by atoms with van der Waals surface area (Å²) in [5.74, 6) is 0.939. The summed E-state index contributed by atoms with van der Waals surface area (Å²) in [6.45, 7) is 1.08. The summed E-state index contributed by atoms with van der Waals surface area (Å²) in [5.41, 5.74) is 2.30. The number of rotatable bonds is 4. The van der Waals surface area contributed by atoms with E-state index in [0.29, 0.717) is 0 Å². The lowest BCUT2D eigenvalue weighted by Crippen LogP contribution is -2.12. The number of anilines is 1. The Kier molecular flexibility index (Phi) is 3.97. The third-order valence-corrected chi connectivity index (χ3v) is 4.24. The van der Waals surface area contributed by atoms with Crippen molar-refractivity contribution in [1.29, 1.82) is 0 Å². The summed E-state index contributed by atoms with van der Waals surface area (Å²) in [7, 11) is 0. The zero-order chi connectivity index (χ0) is 12.9. The minimum atomic E-state index is 0.939. The summed E-state index contributed by atoms with van der Waals surface area (Å²) in [6.07, 6.45) is 10.3. The Labute approximate surface area is 115 Å². The van der Waals surface area contributed by atoms with Crippen molar-refractivity contribution in [2.75, 3.05) is 11.9 Å². The molecule has 0 spiro atoms. The Hall–Kier alpha value is -1.57. The van der Waals surface area contributed by atoms with Gasteiger partial charge in [-0.3, -0.25) is 4.98 Å². The Morgan fingerprint density at radius 3 is 2.84 bits per heavy atom. The molecule has 3 rings (SSSR count). The van der Waals surface area contributed by atoms with Gasteiger partial charge in [0.2, 0.25) is 0 Å². The largest absolute Gasteiger partial charge is 0.384 e. The van der Waals surface area contributed by atoms with Gasteiger partial charge < -0.3 is 5.32 Å². The van der Waals surface area contributed by atoms with Crippen LogP contribution in [0, 0.1) is 5.92 Å². The highest BCUT2D eigenvalue weighted by Gasteiger charge is 2.12. The van der Waals surface area contributed by atoms with Crippen LogP contribution in [-0.2, 0) is 0 Å². The second kappa shape index (κ2) is 6.05. The van der Waals surface area contributed by atoms with Crippen LogP contribution in [0.4, 0.5) is 5.69 Å². The van der Waals surface area contributed by atoms with Crippen LogP contribution >= 0.6 is 0 Å². The molecule has 1 N–H and O–H groups in total. The lowest BCUT2D eigenvalue weighted by Gasteiger charge is -2.21. The van der Waals surface area contributed by atoms with Crippen molar-refractivity contribution in [1.82, 2.24) is 4.98 Å². The first-order chi connectivity index (χ1) is 9.43. The third kappa shape index (κ3) is 3.06. The van der Waals surface area contributed by atoms with Crippen LogP contribution in [0.25, 0.3) is 10.9 Å². The van der Waals surface area contributed by atoms with Crippen LogP contribution < -0.4 is 5.32 Å². The van der Waals surface area contributed by atoms with Gasteiger partial charge in [0.05, 0.1) is 5.52 Å². The molecule has 0 aliphatic heterocycles. The number of fused-ring (bicyclic) bond motifs is 1. The quantitative estimate of drug-likeness (QED) is 0.861. The van der Waals surface area contributed by atoms with E-state index in [-0.39, 0.29) is 0 Å². The lowest BCUT2D eigenvalue weighted by atomic mass is 9.87. The molecule has 1 aliphatic rings. The Morgan fingerprint density at radius 2 is 1.95 bits per heavy atom. The molecule has 0 amide bonds. The van der Waals surface area contributed by atoms with Gasteiger partial charge in [0.15, 0.2) is 0 Å². The van der Waals surface area contributed by atoms with Gasteiger partial charge in [0.1, 0.15) is 0 Å². The zero-order valence-electron chi connectivity index (χ0n) is 11.4. The maximum atomic E-state index is 4.40. The molecule has 0 atom stereocenters. The van der Waals surface area contributed by atoms with Crippen molar-refractivity contribution < 1.29 is 0 Å². The minimum absolute atomic E-state index is 0.939. The van der Waals surface area contributed by atoms with Crippen LogP contribution in [0.2, 0.25) is 0 Å². The van der Waals surface area contributed by atoms with E-state index >= 15 is 0 Å². The molecule has 0 radical (unpaired) electrons. The molecule has 1 aromatic heterocycles. The van der Waals surface area contributed by atoms with Gasteiger partial charge in [-0.15, -0.1) is 0 Å². The third-order valence-electron chi connectivity index (χ3n) is 4.24. The fourth-order valence-electron chi connectivity index (χ4n) is 3.14. The molecule has 1 saturated carbocycles. The smallest absolute Gasteiger partial charge is 0.0722 e. The number of hydrogen-bond acceptors (Lipinski definition) is 2. The van der Waals surface area contributed by atoms with Gasteiger partial charge in [0.25, 0.3) is 0 Å². The predicted molar refractivity (Wildman–Crippen MR) is 81.4 cm³/mol. The first-order valence-corrected chi connectivity index (χ1v) is 7.51. The van der Waals surface area contributed by atoms with Crippen molar-refractivity contribution >= 4 is 16.6 Å². The number of pyridine rings is 1. The highest BCUT2D eigenvalue weighted by Crippen LogP contribution is 2.27. The van der Waals surface area contributed by atoms with Crippen LogP contribution in [0.3, 0.4) is 0 Å². The standard InChI is InChI=1S/C17H22N2/c1-2-6-14(7-3-1)11-13-19-17-10-4-9-16-15(17)8-5-12-18-16/h4-5,8-10,12,14,19H,1-3,6-7,11,13H2. The minimum Gasteiger partial charge on any atom is -0.384 e. The Morgan fingerprint density at radius 1 is 1.05 bits per heavy atom. The highest BCUT2D eigenvalue weighted by molar-refractivity contribution is 5.91. The monoisotopic (exact) mass is 254 g/mol. The van der Waals surface area contributed by atoms with Crippen molar-refractivity contribution in [3.05, 3.63) is 36.5 Å². The van der Waals surface area contributed by atoms with E-state index in [4.69, 9.17) is 0 Å². The second-order valence-electron chi connectivity index (χ2n) is 5.60. The van der Waals surface area contributed by atoms with E-state index < -0.39 is 0 Å². The molecule has 1 heterocycles. The first kappa shape index (κ1) is 12.5. The fraction of sp³-hybridized carbons (Fsp3) is 0.471. The maximum absolute atomic E-state index is 4.40. The van der Waals surface area contributed by atoms with Gasteiger partial charge in [0, 0.05) is 23.8 Å². The number of aromatic nitrogens is 1. The van der Waals surface area contributed by atoms with E-state index in [1.807, 2.05) is 12.3 Å². The predicted octanol–water partition coefficient (Wildman–Crippen LogP) is 4.62. The van der Waals surface area contributed by atoms with E-state index in [1.54, 1.807) is 0 Å². The van der Waals surface area contributed by atoms with E-state index in [9.17, 15) is 0 Å². The molecule has 0 unspecified atom stereocenters. The molecule has 1 aliphatic carbocycles. The van der Waals surface area contributed by atoms with E-state index in [1.165, 1.54) is 49.6 Å². The van der Waals surface area contributed by atoms with Crippen LogP contribution in [0.15, 0.2) is 36.5 Å². The summed E-state index contributed by atoms with van der Waals surface area (Å²) < 4.78 is 0. The zero-order valence-corrected chi connectivity index (χ0v) is 11.4. The number of hydrogen-bond donors (Lipinski definition) is 1. The van der Waals surface area contributed by atoms with Crippen LogP contribution in [0.1, 0.15) is 38.5 Å². The van der Waals surface area contributed by atoms with Gasteiger partial charge in [-0.25, -0.2) is 0 Å². The molecule has 0 bridgehead atoms. The lowest BCUT2D eigenvalue weighted by molar-refractivity contribution is 0.345. The fourth-order valence-corrected chi connectivity index (χ4v) is 3.14. The van der Waals surface area contributed by atoms with Crippen molar-refractivity contribution in [3.8, 4) is 0 Å². The summed E-state index contributed by atoms with van der Waals surface area (Å²) in [4.78, 5) is 4.40. The van der Waals surface area contributed by atoms with Gasteiger partial charge in [-0.05, 0) is 36.6 Å². The Bertz CT molecular complexity index is 524. The normalized spacial score (nSPS) is 16.6. The summed E-state index contributed by atoms with van der Waals surface area (Å²) >= 11 is 0. The second-order valence-corrected chi connectivity index (χ2v) is 5.60. The highest BCUT2D eigenvalue weighted by atomic mass is 14.9. The van der Waals surface area contributed by atoms with E-state index in [2.05, 4.69) is 34.6 Å². The van der Waals surface area contributed by atoms with Crippen molar-refractivity contribution in [3.63, 3.8) is 0 Å². The maximum Gasteiger partial charge on any atom is 0.0722 e. The summed E-state index contributed by atoms with van der Waals surface area (Å²) in [6, 6.07) is 10.5. The first-order valence-electron chi connectivity index (χ1n) is 7.51. The molecule has 1 aromatic carbocycles. The average Bonchev–Trinajstić information content (AvgIpc) is 2.49. The molecule has 0 saturated heterocycles. The van der Waals surface area contributed by atoms with Crippen molar-refractivity contribution in [2.45, 2.75) is 38.5 Å². The molecular formula is C17H22N2. The molecule has 2 aromatic rings. The average molecular weight is 254 g/mol. The van der Waals surface area contributed by atoms with Gasteiger partial charge in [-0.1, -0.05) is 38.2 Å². The summed E-state index contributed by atoms with van der Waals surface area (Å²) in [5, 5.41) is 4.83. The molecule has 19 heavy (non-hydrogen) atoms.